The Hall–Kier alpha value is -4.49. The third-order valence-electron chi connectivity index (χ3n) is 6.53. The second-order valence-electron chi connectivity index (χ2n) is 9.81. The van der Waals surface area contributed by atoms with Gasteiger partial charge in [0.1, 0.15) is 12.4 Å². The summed E-state index contributed by atoms with van der Waals surface area (Å²) in [6.07, 6.45) is -3.35. The van der Waals surface area contributed by atoms with Crippen LogP contribution in [0.5, 0.6) is 5.75 Å². The summed E-state index contributed by atoms with van der Waals surface area (Å²) in [6.45, 7) is 1.15. The van der Waals surface area contributed by atoms with Crippen LogP contribution in [0.4, 0.5) is 13.2 Å². The zero-order valence-electron chi connectivity index (χ0n) is 22.1. The highest BCUT2D eigenvalue weighted by Gasteiger charge is 2.34. The summed E-state index contributed by atoms with van der Waals surface area (Å²) in [5.41, 5.74) is 2.68. The van der Waals surface area contributed by atoms with Crippen LogP contribution in [-0.4, -0.2) is 29.8 Å². The van der Waals surface area contributed by atoms with Gasteiger partial charge < -0.3 is 9.64 Å². The lowest BCUT2D eigenvalue weighted by Gasteiger charge is -2.16. The van der Waals surface area contributed by atoms with Crippen molar-refractivity contribution < 1.29 is 22.7 Å². The van der Waals surface area contributed by atoms with Gasteiger partial charge >= 0.3 is 6.18 Å². The van der Waals surface area contributed by atoms with Crippen LogP contribution >= 0.6 is 0 Å². The first-order chi connectivity index (χ1) is 19.2. The van der Waals surface area contributed by atoms with E-state index in [0.717, 1.165) is 18.2 Å². The fourth-order valence-electron chi connectivity index (χ4n) is 4.69. The van der Waals surface area contributed by atoms with Gasteiger partial charge in [-0.05, 0) is 49.0 Å². The van der Waals surface area contributed by atoms with Crippen molar-refractivity contribution in [3.05, 3.63) is 131 Å². The summed E-state index contributed by atoms with van der Waals surface area (Å²) < 4.78 is 47.6. The van der Waals surface area contributed by atoms with E-state index in [1.165, 1.54) is 17.8 Å². The van der Waals surface area contributed by atoms with Crippen LogP contribution in [0.2, 0.25) is 0 Å². The second-order valence-corrected chi connectivity index (χ2v) is 9.81. The molecule has 40 heavy (non-hydrogen) atoms. The zero-order chi connectivity index (χ0) is 28.3. The molecule has 0 N–H and O–H groups in total. The van der Waals surface area contributed by atoms with Gasteiger partial charge in [0.05, 0.1) is 11.1 Å². The van der Waals surface area contributed by atoms with Gasteiger partial charge in [-0.25, -0.2) is 0 Å². The van der Waals surface area contributed by atoms with Crippen molar-refractivity contribution in [2.45, 2.75) is 19.3 Å². The van der Waals surface area contributed by atoms with Crippen LogP contribution in [-0.2, 0) is 19.3 Å². The summed E-state index contributed by atoms with van der Waals surface area (Å²) in [5.74, 6) is 0.205. The first-order valence-corrected chi connectivity index (χ1v) is 12.7. The number of benzene rings is 4. The molecule has 0 atom stereocenters. The minimum atomic E-state index is -4.60. The molecule has 0 unspecified atom stereocenters. The molecular weight excluding hydrogens is 513 g/mol. The van der Waals surface area contributed by atoms with Crippen LogP contribution in [0.3, 0.4) is 0 Å². The van der Waals surface area contributed by atoms with Crippen LogP contribution < -0.4 is 4.74 Å². The number of carbonyl (C=O) groups excluding carboxylic acids is 1. The topological polar surface area (TPSA) is 42.4 Å². The Kier molecular flexibility index (Phi) is 7.67. The first kappa shape index (κ1) is 27.1. The fraction of sp³-hybridized carbons (Fsp3) is 0.152. The van der Waals surface area contributed by atoms with Crippen molar-refractivity contribution in [3.63, 3.8) is 0 Å². The molecule has 0 amide bonds. The quantitative estimate of drug-likeness (QED) is 0.188. The molecule has 1 heterocycles. The summed E-state index contributed by atoms with van der Waals surface area (Å²) in [7, 11) is 4.03. The standard InChI is InChI=1S/C33H27F3N2O2/c1-38(2)20-22-14-16-23(17-15-22)21-40-26-11-6-10-25(18-26)30-27-12-7-13-29(33(34,35)36)31(27)37-19-28(30)32(39)24-8-4-3-5-9-24/h3-19H,20-21H2,1-2H3. The number of carbonyl (C=O) groups is 1. The molecular formula is C33H27F3N2O2. The summed E-state index contributed by atoms with van der Waals surface area (Å²) in [6, 6.07) is 27.7. The Labute approximate surface area is 230 Å². The number of ether oxygens (including phenoxy) is 1. The molecule has 0 radical (unpaired) electrons. The average molecular weight is 541 g/mol. The van der Waals surface area contributed by atoms with E-state index in [-0.39, 0.29) is 22.2 Å². The molecule has 0 saturated carbocycles. The molecule has 0 fully saturated rings. The molecule has 0 aliphatic rings. The Bertz CT molecular complexity index is 1650. The van der Waals surface area contributed by atoms with Gasteiger partial charge in [-0.3, -0.25) is 9.78 Å². The molecule has 4 nitrogen and oxygen atoms in total. The molecule has 5 aromatic rings. The maximum atomic E-state index is 13.9. The first-order valence-electron chi connectivity index (χ1n) is 12.7. The van der Waals surface area contributed by atoms with Crippen LogP contribution in [0.25, 0.3) is 22.0 Å². The van der Waals surface area contributed by atoms with Crippen molar-refractivity contribution in [1.82, 2.24) is 9.88 Å². The number of aromatic nitrogens is 1. The predicted octanol–water partition coefficient (Wildman–Crippen LogP) is 7.79. The SMILES string of the molecule is CN(C)Cc1ccc(COc2cccc(-c3c(C(=O)c4ccccc4)cnc4c(C(F)(F)F)cccc34)c2)cc1. The van der Waals surface area contributed by atoms with E-state index in [1.54, 1.807) is 60.7 Å². The largest absolute Gasteiger partial charge is 0.489 e. The second kappa shape index (κ2) is 11.3. The van der Waals surface area contributed by atoms with Crippen molar-refractivity contribution in [2.75, 3.05) is 14.1 Å². The van der Waals surface area contributed by atoms with E-state index in [2.05, 4.69) is 22.0 Å². The van der Waals surface area contributed by atoms with E-state index >= 15 is 0 Å². The van der Waals surface area contributed by atoms with Crippen LogP contribution in [0, 0.1) is 0 Å². The van der Waals surface area contributed by atoms with Gasteiger partial charge in [0.2, 0.25) is 0 Å². The van der Waals surface area contributed by atoms with E-state index < -0.39 is 11.7 Å². The minimum Gasteiger partial charge on any atom is -0.489 e. The molecule has 202 valence electrons. The molecule has 0 aliphatic carbocycles. The highest BCUT2D eigenvalue weighted by molar-refractivity contribution is 6.16. The van der Waals surface area contributed by atoms with Crippen molar-refractivity contribution in [1.29, 1.82) is 0 Å². The molecule has 0 saturated heterocycles. The van der Waals surface area contributed by atoms with Gasteiger partial charge in [0.25, 0.3) is 0 Å². The van der Waals surface area contributed by atoms with Crippen LogP contribution in [0.1, 0.15) is 32.6 Å². The molecule has 0 bridgehead atoms. The number of nitrogens with zero attached hydrogens (tertiary/aromatic N) is 2. The number of hydrogen-bond donors (Lipinski definition) is 0. The van der Waals surface area contributed by atoms with E-state index in [1.807, 2.05) is 26.2 Å². The lowest BCUT2D eigenvalue weighted by molar-refractivity contribution is -0.136. The predicted molar refractivity (Wildman–Crippen MR) is 150 cm³/mol. The number of rotatable bonds is 8. The lowest BCUT2D eigenvalue weighted by atomic mass is 9.91. The molecule has 7 heteroatoms. The maximum Gasteiger partial charge on any atom is 0.418 e. The van der Waals surface area contributed by atoms with Gasteiger partial charge in [0.15, 0.2) is 5.78 Å². The van der Waals surface area contributed by atoms with Gasteiger partial charge in [-0.1, -0.05) is 78.9 Å². The van der Waals surface area contributed by atoms with Gasteiger partial charge in [-0.15, -0.1) is 0 Å². The third-order valence-corrected chi connectivity index (χ3v) is 6.53. The number of pyridine rings is 1. The maximum absolute atomic E-state index is 13.9. The number of fused-ring (bicyclic) bond motifs is 1. The Morgan fingerprint density at radius 3 is 2.25 bits per heavy atom. The fourth-order valence-corrected chi connectivity index (χ4v) is 4.69. The van der Waals surface area contributed by atoms with Crippen LogP contribution in [0.15, 0.2) is 103 Å². The number of alkyl halides is 3. The Morgan fingerprint density at radius 1 is 0.850 bits per heavy atom. The molecule has 0 spiro atoms. The van der Waals surface area contributed by atoms with Gasteiger partial charge in [-0.2, -0.15) is 13.2 Å². The smallest absolute Gasteiger partial charge is 0.418 e. The van der Waals surface area contributed by atoms with E-state index in [9.17, 15) is 18.0 Å². The van der Waals surface area contributed by atoms with Crippen molar-refractivity contribution in [2.24, 2.45) is 0 Å². The highest BCUT2D eigenvalue weighted by atomic mass is 19.4. The summed E-state index contributed by atoms with van der Waals surface area (Å²) in [5, 5.41) is 0.241. The zero-order valence-corrected chi connectivity index (χ0v) is 22.1. The minimum absolute atomic E-state index is 0.209. The van der Waals surface area contributed by atoms with E-state index in [0.29, 0.717) is 29.0 Å². The molecule has 1 aromatic heterocycles. The number of ketones is 1. The molecule has 0 aliphatic heterocycles. The summed E-state index contributed by atoms with van der Waals surface area (Å²) in [4.78, 5) is 19.8. The number of halogens is 3. The van der Waals surface area contributed by atoms with E-state index in [4.69, 9.17) is 4.74 Å². The Balaban J connectivity index is 1.55. The normalized spacial score (nSPS) is 11.7. The third kappa shape index (κ3) is 5.90. The van der Waals surface area contributed by atoms with Gasteiger partial charge in [0, 0.05) is 34.8 Å². The molecule has 4 aromatic carbocycles. The summed E-state index contributed by atoms with van der Waals surface area (Å²) >= 11 is 0. The average Bonchev–Trinajstić information content (AvgIpc) is 2.95. The van der Waals surface area contributed by atoms with Crippen molar-refractivity contribution in [3.8, 4) is 16.9 Å². The van der Waals surface area contributed by atoms with Crippen molar-refractivity contribution >= 4 is 16.7 Å². The monoisotopic (exact) mass is 540 g/mol. The Morgan fingerprint density at radius 2 is 1.55 bits per heavy atom. The lowest BCUT2D eigenvalue weighted by Crippen LogP contribution is -2.10. The highest BCUT2D eigenvalue weighted by Crippen LogP contribution is 2.39. The molecule has 5 rings (SSSR count). The number of para-hydroxylation sites is 1. The number of hydrogen-bond acceptors (Lipinski definition) is 4.